The first-order valence-corrected chi connectivity index (χ1v) is 8.36. The van der Waals surface area contributed by atoms with Gasteiger partial charge in [0, 0.05) is 17.1 Å². The van der Waals surface area contributed by atoms with Gasteiger partial charge in [0.1, 0.15) is 0 Å². The van der Waals surface area contributed by atoms with Gasteiger partial charge < -0.3 is 15.4 Å². The van der Waals surface area contributed by atoms with Gasteiger partial charge in [0.05, 0.1) is 12.2 Å². The fourth-order valence-corrected chi connectivity index (χ4v) is 2.36. The Balaban J connectivity index is 3.60. The Morgan fingerprint density at radius 1 is 1.11 bits per heavy atom. The molecule has 0 aliphatic carbocycles. The molecule has 0 saturated carbocycles. The summed E-state index contributed by atoms with van der Waals surface area (Å²) >= 11 is 5.51. The molecule has 0 radical (unpaired) electrons. The summed E-state index contributed by atoms with van der Waals surface area (Å²) in [7, 11) is 0. The van der Waals surface area contributed by atoms with Crippen LogP contribution in [0.15, 0.2) is 18.2 Å². The largest absolute Gasteiger partial charge is 0.463 e. The standard InChI is InChI=1S/C16H17ClF6N2O3/c1-3-5-12(26)25-14(16(21,22)23,13(27)28-4-2)24-11-7-6-9(17)8-10(11)15(18,19)20/h6-8,24H,3-5H2,1-2H3,(H,25,26). The Bertz CT molecular complexity index is 723. The van der Waals surface area contributed by atoms with Crippen molar-refractivity contribution < 1.29 is 40.7 Å². The number of anilines is 1. The molecule has 1 aromatic carbocycles. The highest BCUT2D eigenvalue weighted by atomic mass is 35.5. The van der Waals surface area contributed by atoms with E-state index in [9.17, 15) is 35.9 Å². The van der Waals surface area contributed by atoms with Crippen LogP contribution < -0.4 is 10.6 Å². The maximum atomic E-state index is 13.9. The number of ether oxygens (including phenoxy) is 1. The molecule has 0 spiro atoms. The summed E-state index contributed by atoms with van der Waals surface area (Å²) < 4.78 is 85.7. The average molecular weight is 435 g/mol. The van der Waals surface area contributed by atoms with Gasteiger partial charge in [0.2, 0.25) is 5.91 Å². The van der Waals surface area contributed by atoms with E-state index in [1.54, 1.807) is 0 Å². The van der Waals surface area contributed by atoms with Gasteiger partial charge in [-0.25, -0.2) is 4.79 Å². The second-order valence-corrected chi connectivity index (χ2v) is 6.02. The SMILES string of the molecule is CCCC(=O)NC(Nc1ccc(Cl)cc1C(F)(F)F)(C(=O)OCC)C(F)(F)F. The van der Waals surface area contributed by atoms with Gasteiger partial charge in [0.15, 0.2) is 0 Å². The van der Waals surface area contributed by atoms with Crippen molar-refractivity contribution in [3.05, 3.63) is 28.8 Å². The Morgan fingerprint density at radius 2 is 1.71 bits per heavy atom. The number of nitrogens with one attached hydrogen (secondary N) is 2. The van der Waals surface area contributed by atoms with Crippen molar-refractivity contribution >= 4 is 29.2 Å². The van der Waals surface area contributed by atoms with E-state index in [-0.39, 0.29) is 11.4 Å². The number of carbonyl (C=O) groups is 2. The predicted octanol–water partition coefficient (Wildman–Crippen LogP) is 4.51. The third kappa shape index (κ3) is 5.43. The van der Waals surface area contributed by atoms with Gasteiger partial charge in [-0.15, -0.1) is 0 Å². The number of hydrogen-bond acceptors (Lipinski definition) is 4. The average Bonchev–Trinajstić information content (AvgIpc) is 2.54. The van der Waals surface area contributed by atoms with Gasteiger partial charge in [-0.05, 0) is 31.5 Å². The van der Waals surface area contributed by atoms with Crippen molar-refractivity contribution in [2.45, 2.75) is 44.7 Å². The number of hydrogen-bond donors (Lipinski definition) is 2. The molecule has 12 heteroatoms. The van der Waals surface area contributed by atoms with E-state index in [1.807, 2.05) is 0 Å². The topological polar surface area (TPSA) is 67.4 Å². The molecule has 0 heterocycles. The van der Waals surface area contributed by atoms with Crippen LogP contribution in [0.1, 0.15) is 32.3 Å². The van der Waals surface area contributed by atoms with Crippen molar-refractivity contribution in [2.24, 2.45) is 0 Å². The molecule has 2 N–H and O–H groups in total. The Hall–Kier alpha value is -2.17. The van der Waals surface area contributed by atoms with Crippen molar-refractivity contribution in [1.29, 1.82) is 0 Å². The first kappa shape index (κ1) is 23.9. The lowest BCUT2D eigenvalue weighted by molar-refractivity contribution is -0.208. The second-order valence-electron chi connectivity index (χ2n) is 5.58. The van der Waals surface area contributed by atoms with Crippen LogP contribution in [0.25, 0.3) is 0 Å². The van der Waals surface area contributed by atoms with Gasteiger partial charge in [-0.3, -0.25) is 4.79 Å². The normalized spacial score (nSPS) is 14.2. The molecule has 0 saturated heterocycles. The number of alkyl halides is 6. The van der Waals surface area contributed by atoms with Gasteiger partial charge in [0.25, 0.3) is 0 Å². The Kier molecular flexibility index (Phi) is 7.58. The zero-order valence-electron chi connectivity index (χ0n) is 14.7. The van der Waals surface area contributed by atoms with Gasteiger partial charge in [-0.2, -0.15) is 26.3 Å². The zero-order chi connectivity index (χ0) is 21.8. The molecule has 0 fully saturated rings. The third-order valence-corrected chi connectivity index (χ3v) is 3.66. The summed E-state index contributed by atoms with van der Waals surface area (Å²) in [6.07, 6.45) is -10.9. The Labute approximate surface area is 161 Å². The van der Waals surface area contributed by atoms with Crippen LogP contribution in [-0.4, -0.2) is 30.3 Å². The quantitative estimate of drug-likeness (QED) is 0.376. The fourth-order valence-electron chi connectivity index (χ4n) is 2.19. The summed E-state index contributed by atoms with van der Waals surface area (Å²) in [5, 5.41) is 2.56. The van der Waals surface area contributed by atoms with Crippen molar-refractivity contribution in [3.63, 3.8) is 0 Å². The van der Waals surface area contributed by atoms with Gasteiger partial charge >= 0.3 is 24.0 Å². The molecule has 1 atom stereocenters. The number of esters is 1. The lowest BCUT2D eigenvalue weighted by Gasteiger charge is -2.36. The molecule has 0 aliphatic heterocycles. The minimum atomic E-state index is -5.54. The highest BCUT2D eigenvalue weighted by molar-refractivity contribution is 6.30. The first-order valence-electron chi connectivity index (χ1n) is 7.98. The van der Waals surface area contributed by atoms with E-state index in [0.29, 0.717) is 12.1 Å². The van der Waals surface area contributed by atoms with Crippen molar-refractivity contribution in [1.82, 2.24) is 5.32 Å². The van der Waals surface area contributed by atoms with Crippen molar-refractivity contribution in [3.8, 4) is 0 Å². The van der Waals surface area contributed by atoms with E-state index in [1.165, 1.54) is 24.5 Å². The Morgan fingerprint density at radius 3 is 2.18 bits per heavy atom. The number of halogens is 7. The number of carbonyl (C=O) groups excluding carboxylic acids is 2. The van der Waals surface area contributed by atoms with Crippen LogP contribution in [0.5, 0.6) is 0 Å². The van der Waals surface area contributed by atoms with Crippen LogP contribution in [0.2, 0.25) is 5.02 Å². The molecule has 1 aromatic rings. The molecule has 0 bridgehead atoms. The molecule has 28 heavy (non-hydrogen) atoms. The van der Waals surface area contributed by atoms with Crippen LogP contribution in [-0.2, 0) is 20.5 Å². The highest BCUT2D eigenvalue weighted by Gasteiger charge is 2.64. The highest BCUT2D eigenvalue weighted by Crippen LogP contribution is 2.40. The maximum absolute atomic E-state index is 13.9. The summed E-state index contributed by atoms with van der Waals surface area (Å²) in [6, 6.07) is 1.92. The van der Waals surface area contributed by atoms with E-state index >= 15 is 0 Å². The molecular weight excluding hydrogens is 418 g/mol. The molecule has 1 amide bonds. The van der Waals surface area contributed by atoms with Crippen LogP contribution in [0, 0.1) is 0 Å². The second kappa shape index (κ2) is 8.89. The fraction of sp³-hybridized carbons (Fsp3) is 0.500. The van der Waals surface area contributed by atoms with E-state index < -0.39 is 54.2 Å². The van der Waals surface area contributed by atoms with Gasteiger partial charge in [-0.1, -0.05) is 18.5 Å². The number of amides is 1. The first-order chi connectivity index (χ1) is 12.8. The smallest absolute Gasteiger partial charge is 0.441 e. The molecular formula is C16H17ClF6N2O3. The molecule has 0 aliphatic rings. The minimum absolute atomic E-state index is 0.136. The molecule has 158 valence electrons. The summed E-state index contributed by atoms with van der Waals surface area (Å²) in [5.41, 5.74) is -6.59. The number of benzene rings is 1. The van der Waals surface area contributed by atoms with E-state index in [4.69, 9.17) is 11.6 Å². The van der Waals surface area contributed by atoms with E-state index in [0.717, 1.165) is 6.07 Å². The zero-order valence-corrected chi connectivity index (χ0v) is 15.5. The molecule has 5 nitrogen and oxygen atoms in total. The molecule has 1 unspecified atom stereocenters. The number of rotatable bonds is 7. The van der Waals surface area contributed by atoms with Crippen LogP contribution in [0.4, 0.5) is 32.0 Å². The molecule has 1 rings (SSSR count). The monoisotopic (exact) mass is 434 g/mol. The minimum Gasteiger partial charge on any atom is -0.463 e. The predicted molar refractivity (Wildman–Crippen MR) is 88.5 cm³/mol. The lowest BCUT2D eigenvalue weighted by atomic mass is 10.1. The van der Waals surface area contributed by atoms with E-state index in [2.05, 4.69) is 4.74 Å². The van der Waals surface area contributed by atoms with Crippen LogP contribution in [0.3, 0.4) is 0 Å². The third-order valence-electron chi connectivity index (χ3n) is 3.42. The summed E-state index contributed by atoms with van der Waals surface area (Å²) in [4.78, 5) is 24.0. The molecule has 0 aromatic heterocycles. The summed E-state index contributed by atoms with van der Waals surface area (Å²) in [5.74, 6) is -3.21. The maximum Gasteiger partial charge on any atom is 0.441 e. The summed E-state index contributed by atoms with van der Waals surface area (Å²) in [6.45, 7) is 2.19. The van der Waals surface area contributed by atoms with Crippen molar-refractivity contribution in [2.75, 3.05) is 11.9 Å². The lowest BCUT2D eigenvalue weighted by Crippen LogP contribution is -2.69. The van der Waals surface area contributed by atoms with Crippen LogP contribution >= 0.6 is 11.6 Å².